The molecule has 1 rings (SSSR count). The molecule has 0 aromatic carbocycles. The molecule has 0 aromatic rings. The number of rotatable bonds is 5. The van der Waals surface area contributed by atoms with Gasteiger partial charge in [-0.1, -0.05) is 6.42 Å². The van der Waals surface area contributed by atoms with Crippen LogP contribution in [0.15, 0.2) is 0 Å². The smallest absolute Gasteiger partial charge is 0.401 e. The fourth-order valence-corrected chi connectivity index (χ4v) is 1.67. The van der Waals surface area contributed by atoms with Gasteiger partial charge in [0, 0.05) is 0 Å². The monoisotopic (exact) mass is 239 g/mol. The highest BCUT2D eigenvalue weighted by Gasteiger charge is 2.36. The molecule has 0 spiro atoms. The zero-order valence-electron chi connectivity index (χ0n) is 9.14. The molecule has 3 nitrogen and oxygen atoms in total. The topological polar surface area (TPSA) is 38.3 Å². The highest BCUT2D eigenvalue weighted by molar-refractivity contribution is 5.76. The number of carbonyl (C=O) groups is 1. The molecular weight excluding hydrogens is 223 g/mol. The average molecular weight is 239 g/mol. The molecule has 0 saturated heterocycles. The van der Waals surface area contributed by atoms with Gasteiger partial charge in [0.05, 0.1) is 13.2 Å². The summed E-state index contributed by atoms with van der Waals surface area (Å²) in [7, 11) is 0. The lowest BCUT2D eigenvalue weighted by Crippen LogP contribution is -2.49. The van der Waals surface area contributed by atoms with Gasteiger partial charge in [-0.05, 0) is 25.7 Å². The van der Waals surface area contributed by atoms with Gasteiger partial charge in [0.2, 0.25) is 0 Å². The molecule has 1 aliphatic carbocycles. The fourth-order valence-electron chi connectivity index (χ4n) is 1.67. The second kappa shape index (κ2) is 5.52. The summed E-state index contributed by atoms with van der Waals surface area (Å²) in [6, 6.07) is -0.810. The number of hydrogen-bond donors (Lipinski definition) is 1. The van der Waals surface area contributed by atoms with E-state index >= 15 is 0 Å². The van der Waals surface area contributed by atoms with Gasteiger partial charge in [-0.2, -0.15) is 13.2 Å². The van der Waals surface area contributed by atoms with Crippen molar-refractivity contribution in [3.63, 3.8) is 0 Å². The van der Waals surface area contributed by atoms with Gasteiger partial charge in [0.1, 0.15) is 6.04 Å². The molecule has 0 radical (unpaired) electrons. The third-order valence-corrected chi connectivity index (χ3v) is 2.68. The SMILES string of the molecule is CCOC(=O)C(NCC(F)(F)F)C1CCC1. The summed E-state index contributed by atoms with van der Waals surface area (Å²) in [5.41, 5.74) is 0. The lowest BCUT2D eigenvalue weighted by atomic mass is 9.79. The van der Waals surface area contributed by atoms with Crippen molar-refractivity contribution in [1.82, 2.24) is 5.32 Å². The van der Waals surface area contributed by atoms with E-state index in [0.29, 0.717) is 0 Å². The van der Waals surface area contributed by atoms with Crippen molar-refractivity contribution in [2.75, 3.05) is 13.2 Å². The minimum atomic E-state index is -4.30. The summed E-state index contributed by atoms with van der Waals surface area (Å²) in [6.07, 6.45) is -1.76. The van der Waals surface area contributed by atoms with Crippen LogP contribution in [0.5, 0.6) is 0 Å². The lowest BCUT2D eigenvalue weighted by Gasteiger charge is -2.32. The highest BCUT2D eigenvalue weighted by Crippen LogP contribution is 2.30. The van der Waals surface area contributed by atoms with E-state index in [1.54, 1.807) is 6.92 Å². The molecular formula is C10H16F3NO2. The first kappa shape index (κ1) is 13.3. The number of nitrogens with one attached hydrogen (secondary N) is 1. The van der Waals surface area contributed by atoms with Crippen LogP contribution in [0.4, 0.5) is 13.2 Å². The maximum Gasteiger partial charge on any atom is 0.401 e. The predicted molar refractivity (Wildman–Crippen MR) is 51.8 cm³/mol. The zero-order chi connectivity index (χ0) is 12.2. The van der Waals surface area contributed by atoms with E-state index in [0.717, 1.165) is 19.3 Å². The standard InChI is InChI=1S/C10H16F3NO2/c1-2-16-9(15)8(7-4-3-5-7)14-6-10(11,12)13/h7-8,14H,2-6H2,1H3. The van der Waals surface area contributed by atoms with Gasteiger partial charge >= 0.3 is 12.1 Å². The van der Waals surface area contributed by atoms with E-state index in [2.05, 4.69) is 5.32 Å². The summed E-state index contributed by atoms with van der Waals surface area (Å²) < 4.78 is 40.9. The molecule has 94 valence electrons. The molecule has 1 N–H and O–H groups in total. The zero-order valence-corrected chi connectivity index (χ0v) is 9.14. The Hall–Kier alpha value is -0.780. The van der Waals surface area contributed by atoms with Crippen molar-refractivity contribution in [1.29, 1.82) is 0 Å². The van der Waals surface area contributed by atoms with E-state index in [1.807, 2.05) is 0 Å². The minimum absolute atomic E-state index is 0.0126. The maximum absolute atomic E-state index is 12.0. The van der Waals surface area contributed by atoms with Gasteiger partial charge in [-0.15, -0.1) is 0 Å². The number of carbonyl (C=O) groups excluding carboxylic acids is 1. The van der Waals surface area contributed by atoms with Crippen molar-refractivity contribution in [2.24, 2.45) is 5.92 Å². The minimum Gasteiger partial charge on any atom is -0.465 e. The van der Waals surface area contributed by atoms with Crippen LogP contribution in [0.3, 0.4) is 0 Å². The summed E-state index contributed by atoms with van der Waals surface area (Å²) in [5.74, 6) is -0.585. The van der Waals surface area contributed by atoms with Gasteiger partial charge in [-0.25, -0.2) is 0 Å². The third-order valence-electron chi connectivity index (χ3n) is 2.68. The third kappa shape index (κ3) is 4.00. The van der Waals surface area contributed by atoms with Gasteiger partial charge < -0.3 is 4.74 Å². The fraction of sp³-hybridized carbons (Fsp3) is 0.900. The molecule has 0 aromatic heterocycles. The van der Waals surface area contributed by atoms with Crippen molar-refractivity contribution >= 4 is 5.97 Å². The molecule has 1 atom stereocenters. The first-order valence-corrected chi connectivity index (χ1v) is 5.41. The number of esters is 1. The quantitative estimate of drug-likeness (QED) is 0.744. The van der Waals surface area contributed by atoms with Crippen LogP contribution in [-0.2, 0) is 9.53 Å². The van der Waals surface area contributed by atoms with E-state index in [4.69, 9.17) is 4.74 Å². The molecule has 1 saturated carbocycles. The molecule has 0 aliphatic heterocycles. The largest absolute Gasteiger partial charge is 0.465 e. The van der Waals surface area contributed by atoms with Crippen LogP contribution in [-0.4, -0.2) is 31.3 Å². The molecule has 0 heterocycles. The lowest BCUT2D eigenvalue weighted by molar-refractivity contribution is -0.151. The molecule has 1 unspecified atom stereocenters. The van der Waals surface area contributed by atoms with Crippen molar-refractivity contribution in [3.8, 4) is 0 Å². The Morgan fingerprint density at radius 1 is 1.50 bits per heavy atom. The Labute approximate surface area is 92.3 Å². The summed E-state index contributed by atoms with van der Waals surface area (Å²) in [5, 5.41) is 2.25. The molecule has 1 fully saturated rings. The van der Waals surface area contributed by atoms with E-state index in [1.165, 1.54) is 0 Å². The number of halogens is 3. The van der Waals surface area contributed by atoms with Crippen LogP contribution < -0.4 is 5.32 Å². The van der Waals surface area contributed by atoms with E-state index in [-0.39, 0.29) is 12.5 Å². The van der Waals surface area contributed by atoms with Crippen LogP contribution in [0, 0.1) is 5.92 Å². The molecule has 1 aliphatic rings. The first-order chi connectivity index (χ1) is 7.44. The van der Waals surface area contributed by atoms with E-state index in [9.17, 15) is 18.0 Å². The van der Waals surface area contributed by atoms with E-state index < -0.39 is 24.7 Å². The summed E-state index contributed by atoms with van der Waals surface area (Å²) in [4.78, 5) is 11.4. The second-order valence-corrected chi connectivity index (χ2v) is 3.92. The summed E-state index contributed by atoms with van der Waals surface area (Å²) in [6.45, 7) is 0.683. The number of alkyl halides is 3. The van der Waals surface area contributed by atoms with Crippen LogP contribution in [0.1, 0.15) is 26.2 Å². The Bertz CT molecular complexity index is 239. The average Bonchev–Trinajstić information content (AvgIpc) is 2.07. The first-order valence-electron chi connectivity index (χ1n) is 5.41. The Morgan fingerprint density at radius 2 is 2.12 bits per heavy atom. The molecule has 0 amide bonds. The van der Waals surface area contributed by atoms with Crippen molar-refractivity contribution in [2.45, 2.75) is 38.4 Å². The second-order valence-electron chi connectivity index (χ2n) is 3.92. The van der Waals surface area contributed by atoms with Gasteiger partial charge in [0.25, 0.3) is 0 Å². The Kier molecular flexibility index (Phi) is 4.58. The molecule has 0 bridgehead atoms. The number of ether oxygens (including phenoxy) is 1. The normalized spacial score (nSPS) is 19.0. The van der Waals surface area contributed by atoms with Crippen LogP contribution in [0.2, 0.25) is 0 Å². The van der Waals surface area contributed by atoms with Gasteiger partial charge in [-0.3, -0.25) is 10.1 Å². The summed E-state index contributed by atoms with van der Waals surface area (Å²) >= 11 is 0. The van der Waals surface area contributed by atoms with Crippen LogP contribution in [0.25, 0.3) is 0 Å². The van der Waals surface area contributed by atoms with Crippen molar-refractivity contribution in [3.05, 3.63) is 0 Å². The number of hydrogen-bond acceptors (Lipinski definition) is 3. The Morgan fingerprint density at radius 3 is 2.50 bits per heavy atom. The van der Waals surface area contributed by atoms with Crippen molar-refractivity contribution < 1.29 is 22.7 Å². The van der Waals surface area contributed by atoms with Crippen LogP contribution >= 0.6 is 0 Å². The Balaban J connectivity index is 2.47. The molecule has 6 heteroatoms. The molecule has 16 heavy (non-hydrogen) atoms. The van der Waals surface area contributed by atoms with Gasteiger partial charge in [0.15, 0.2) is 0 Å². The highest BCUT2D eigenvalue weighted by atomic mass is 19.4. The maximum atomic E-state index is 12.0. The predicted octanol–water partition coefficient (Wildman–Crippen LogP) is 1.87.